The Balaban J connectivity index is 1.75. The second-order valence-electron chi connectivity index (χ2n) is 5.56. The summed E-state index contributed by atoms with van der Waals surface area (Å²) >= 11 is 1.58. The number of thioether (sulfide) groups is 1. The molecule has 0 saturated carbocycles. The van der Waals surface area contributed by atoms with Crippen molar-refractivity contribution >= 4 is 23.5 Å². The molecular weight excluding hydrogens is 365 g/mol. The summed E-state index contributed by atoms with van der Waals surface area (Å²) in [5.74, 6) is 2.00. The number of rotatable bonds is 8. The lowest BCUT2D eigenvalue weighted by Crippen LogP contribution is -2.26. The van der Waals surface area contributed by atoms with Crippen molar-refractivity contribution in [2.75, 3.05) is 17.6 Å². The molecule has 142 valence electrons. The van der Waals surface area contributed by atoms with E-state index in [1.165, 1.54) is 0 Å². The van der Waals surface area contributed by atoms with Gasteiger partial charge in [0, 0.05) is 25.9 Å². The van der Waals surface area contributed by atoms with Gasteiger partial charge in [-0.1, -0.05) is 6.07 Å². The first-order chi connectivity index (χ1) is 12.3. The van der Waals surface area contributed by atoms with E-state index in [2.05, 4.69) is 20.3 Å². The number of aliphatic imine (C=N–C) groups is 1. The van der Waals surface area contributed by atoms with Crippen molar-refractivity contribution in [1.82, 2.24) is 14.5 Å². The van der Waals surface area contributed by atoms with Crippen molar-refractivity contribution < 1.29 is 13.2 Å². The van der Waals surface area contributed by atoms with Crippen LogP contribution in [0, 0.1) is 0 Å². The Morgan fingerprint density at radius 2 is 2.15 bits per heavy atom. The molecule has 2 aromatic heterocycles. The van der Waals surface area contributed by atoms with Crippen LogP contribution in [0.25, 0.3) is 0 Å². The van der Waals surface area contributed by atoms with Gasteiger partial charge in [0.25, 0.3) is 0 Å². The lowest BCUT2D eigenvalue weighted by molar-refractivity contribution is -0.118. The van der Waals surface area contributed by atoms with E-state index in [1.807, 2.05) is 23.9 Å². The molecule has 0 aliphatic carbocycles. The number of halogens is 3. The van der Waals surface area contributed by atoms with Gasteiger partial charge in [-0.05, 0) is 30.7 Å². The molecule has 0 unspecified atom stereocenters. The molecule has 0 bridgehead atoms. The van der Waals surface area contributed by atoms with Gasteiger partial charge in [0.15, 0.2) is 5.96 Å². The number of nitrogens with zero attached hydrogens (tertiary/aromatic N) is 4. The number of aryl methyl sites for hydroxylation is 2. The van der Waals surface area contributed by atoms with Crippen molar-refractivity contribution in [1.29, 1.82) is 0 Å². The van der Waals surface area contributed by atoms with Crippen molar-refractivity contribution in [2.24, 2.45) is 17.8 Å². The summed E-state index contributed by atoms with van der Waals surface area (Å²) in [6, 6.07) is 5.24. The number of unbranched alkanes of at least 4 members (excludes halogenated alkanes) is 1. The average Bonchev–Trinajstić information content (AvgIpc) is 2.98. The molecule has 0 atom stereocenters. The van der Waals surface area contributed by atoms with Gasteiger partial charge >= 0.3 is 6.18 Å². The van der Waals surface area contributed by atoms with Crippen molar-refractivity contribution in [3.05, 3.63) is 36.4 Å². The lowest BCUT2D eigenvalue weighted by atomic mass is 10.2. The molecular formula is C16H21F3N6S. The first-order valence-corrected chi connectivity index (χ1v) is 9.02. The molecule has 6 nitrogen and oxygen atoms in total. The molecule has 2 aromatic rings. The summed E-state index contributed by atoms with van der Waals surface area (Å²) in [7, 11) is 1.98. The minimum Gasteiger partial charge on any atom is -0.370 e. The topological polar surface area (TPSA) is 81.1 Å². The van der Waals surface area contributed by atoms with Crippen LogP contribution in [0.4, 0.5) is 19.0 Å². The van der Waals surface area contributed by atoms with Crippen LogP contribution in [0.5, 0.6) is 0 Å². The molecule has 0 aliphatic rings. The molecule has 3 N–H and O–H groups in total. The van der Waals surface area contributed by atoms with Crippen LogP contribution in [-0.4, -0.2) is 39.0 Å². The first kappa shape index (κ1) is 20.1. The molecule has 2 rings (SSSR count). The first-order valence-electron chi connectivity index (χ1n) is 8.03. The molecule has 2 heterocycles. The summed E-state index contributed by atoms with van der Waals surface area (Å²) in [5, 5.41) is 3.35. The van der Waals surface area contributed by atoms with Gasteiger partial charge in [0.05, 0.1) is 5.03 Å². The Labute approximate surface area is 154 Å². The maximum absolute atomic E-state index is 12.1. The van der Waals surface area contributed by atoms with Crippen LogP contribution in [0.1, 0.15) is 18.7 Å². The Kier molecular flexibility index (Phi) is 7.31. The Bertz CT molecular complexity index is 729. The highest BCUT2D eigenvalue weighted by Gasteiger charge is 2.26. The van der Waals surface area contributed by atoms with Gasteiger partial charge in [0.1, 0.15) is 18.2 Å². The third kappa shape index (κ3) is 7.34. The fourth-order valence-corrected chi connectivity index (χ4v) is 3.00. The minimum absolute atomic E-state index is 0.313. The normalized spacial score (nSPS) is 12.4. The lowest BCUT2D eigenvalue weighted by Gasteiger charge is -2.08. The zero-order valence-electron chi connectivity index (χ0n) is 14.3. The highest BCUT2D eigenvalue weighted by molar-refractivity contribution is 7.99. The molecule has 0 fully saturated rings. The third-order valence-electron chi connectivity index (χ3n) is 3.37. The number of aromatic nitrogens is 3. The summed E-state index contributed by atoms with van der Waals surface area (Å²) in [5.41, 5.74) is 5.45. The van der Waals surface area contributed by atoms with Gasteiger partial charge in [-0.15, -0.1) is 11.8 Å². The van der Waals surface area contributed by atoms with Gasteiger partial charge in [-0.2, -0.15) is 13.2 Å². The minimum atomic E-state index is -4.38. The van der Waals surface area contributed by atoms with Crippen LogP contribution in [0.15, 0.2) is 40.6 Å². The van der Waals surface area contributed by atoms with E-state index in [0.29, 0.717) is 5.82 Å². The number of guanidine groups is 1. The van der Waals surface area contributed by atoms with E-state index >= 15 is 0 Å². The third-order valence-corrected chi connectivity index (χ3v) is 4.39. The zero-order valence-corrected chi connectivity index (χ0v) is 15.1. The van der Waals surface area contributed by atoms with Crippen LogP contribution in [0.3, 0.4) is 0 Å². The van der Waals surface area contributed by atoms with Crippen molar-refractivity contribution in [3.8, 4) is 0 Å². The fourth-order valence-electron chi connectivity index (χ4n) is 2.11. The number of anilines is 1. The predicted octanol–water partition coefficient (Wildman–Crippen LogP) is 3.22. The Hall–Kier alpha value is -2.23. The van der Waals surface area contributed by atoms with E-state index in [9.17, 15) is 13.2 Å². The smallest absolute Gasteiger partial charge is 0.370 e. The number of nitrogens with one attached hydrogen (secondary N) is 1. The fraction of sp³-hybridized carbons (Fsp3) is 0.438. The molecule has 10 heteroatoms. The van der Waals surface area contributed by atoms with E-state index < -0.39 is 12.7 Å². The Morgan fingerprint density at radius 3 is 2.85 bits per heavy atom. The summed E-state index contributed by atoms with van der Waals surface area (Å²) in [6.45, 7) is -1.32. The molecule has 26 heavy (non-hydrogen) atoms. The van der Waals surface area contributed by atoms with Crippen molar-refractivity contribution in [2.45, 2.75) is 30.5 Å². The zero-order chi connectivity index (χ0) is 19.0. The highest BCUT2D eigenvalue weighted by atomic mass is 32.2. The number of hydrogen-bond acceptors (Lipinski definition) is 4. The summed E-state index contributed by atoms with van der Waals surface area (Å²) in [4.78, 5) is 11.8. The second-order valence-corrected chi connectivity index (χ2v) is 6.68. The molecule has 0 spiro atoms. The van der Waals surface area contributed by atoms with Crippen LogP contribution < -0.4 is 11.1 Å². The second kappa shape index (κ2) is 9.46. The summed E-state index contributed by atoms with van der Waals surface area (Å²) in [6.07, 6.45) is 2.28. The number of hydrogen-bond donors (Lipinski definition) is 2. The number of pyridine rings is 1. The van der Waals surface area contributed by atoms with Gasteiger partial charge in [-0.3, -0.25) is 0 Å². The highest BCUT2D eigenvalue weighted by Crippen LogP contribution is 2.19. The van der Waals surface area contributed by atoms with Crippen LogP contribution >= 0.6 is 11.8 Å². The monoisotopic (exact) mass is 386 g/mol. The van der Waals surface area contributed by atoms with Gasteiger partial charge in [-0.25, -0.2) is 15.0 Å². The quantitative estimate of drug-likeness (QED) is 0.315. The standard InChI is InChI=1S/C16H21F3N6S/c1-25-9-8-21-13(25)6-2-3-10-26-14-7-4-5-12(23-14)24-15(20)22-11-16(17,18)19/h4-5,7-9H,2-3,6,10-11H2,1H3,(H3,20,22,23,24). The molecule has 0 amide bonds. The molecule has 0 saturated heterocycles. The maximum atomic E-state index is 12.1. The Morgan fingerprint density at radius 1 is 1.35 bits per heavy atom. The van der Waals surface area contributed by atoms with E-state index in [4.69, 9.17) is 5.73 Å². The SMILES string of the molecule is Cn1ccnc1CCCCSc1cccc(NC(N)=NCC(F)(F)F)n1. The van der Waals surface area contributed by atoms with Gasteiger partial charge in [0.2, 0.25) is 0 Å². The average molecular weight is 386 g/mol. The number of alkyl halides is 3. The predicted molar refractivity (Wildman–Crippen MR) is 97.3 cm³/mol. The van der Waals surface area contributed by atoms with Crippen LogP contribution in [-0.2, 0) is 13.5 Å². The van der Waals surface area contributed by atoms with Crippen LogP contribution in [0.2, 0.25) is 0 Å². The largest absolute Gasteiger partial charge is 0.408 e. The summed E-state index contributed by atoms with van der Waals surface area (Å²) < 4.78 is 38.4. The molecule has 0 aliphatic heterocycles. The number of nitrogens with two attached hydrogens (primary N) is 1. The molecule has 0 radical (unpaired) electrons. The van der Waals surface area contributed by atoms with E-state index in [0.717, 1.165) is 35.9 Å². The van der Waals surface area contributed by atoms with E-state index in [-0.39, 0.29) is 5.96 Å². The van der Waals surface area contributed by atoms with Crippen molar-refractivity contribution in [3.63, 3.8) is 0 Å². The maximum Gasteiger partial charge on any atom is 0.408 e. The number of imidazole rings is 1. The van der Waals surface area contributed by atoms with Gasteiger partial charge < -0.3 is 15.6 Å². The molecule has 0 aromatic carbocycles. The van der Waals surface area contributed by atoms with E-state index in [1.54, 1.807) is 30.1 Å².